The molecule has 0 aliphatic rings. The van der Waals surface area contributed by atoms with Crippen molar-refractivity contribution >= 4 is 35.0 Å². The second-order valence-corrected chi connectivity index (χ2v) is 6.30. The third-order valence-electron chi connectivity index (χ3n) is 3.86. The van der Waals surface area contributed by atoms with Gasteiger partial charge in [0.1, 0.15) is 0 Å². The third kappa shape index (κ3) is 5.86. The minimum Gasteiger partial charge on any atom is -0.493 e. The van der Waals surface area contributed by atoms with Gasteiger partial charge in [0.2, 0.25) is 5.91 Å². The maximum absolute atomic E-state index is 12.7. The Morgan fingerprint density at radius 2 is 1.86 bits per heavy atom. The smallest absolute Gasteiger partial charge is 0.255 e. The van der Waals surface area contributed by atoms with E-state index in [1.165, 1.54) is 19.2 Å². The molecule has 0 aliphatic heterocycles. The van der Waals surface area contributed by atoms with Gasteiger partial charge in [-0.25, -0.2) is 0 Å². The molecule has 0 aliphatic carbocycles. The summed E-state index contributed by atoms with van der Waals surface area (Å²) in [4.78, 5) is 35.9. The Hall–Kier alpha value is -3.26. The Bertz CT molecular complexity index is 917. The molecular formula is C20H22ClN3O5. The number of benzene rings is 2. The van der Waals surface area contributed by atoms with Gasteiger partial charge in [0.15, 0.2) is 11.5 Å². The van der Waals surface area contributed by atoms with Gasteiger partial charge in [-0.1, -0.05) is 23.7 Å². The average Bonchev–Trinajstić information content (AvgIpc) is 2.69. The maximum Gasteiger partial charge on any atom is 0.255 e. The van der Waals surface area contributed by atoms with Crippen LogP contribution in [-0.4, -0.2) is 38.0 Å². The van der Waals surface area contributed by atoms with Crippen molar-refractivity contribution in [3.8, 4) is 11.5 Å². The molecule has 0 saturated carbocycles. The van der Waals surface area contributed by atoms with E-state index in [9.17, 15) is 14.4 Å². The zero-order chi connectivity index (χ0) is 21.4. The van der Waals surface area contributed by atoms with Gasteiger partial charge in [-0.05, 0) is 31.2 Å². The van der Waals surface area contributed by atoms with Crippen LogP contribution in [0.15, 0.2) is 36.4 Å². The summed E-state index contributed by atoms with van der Waals surface area (Å²) >= 11 is 6.22. The standard InChI is InChI=1S/C20H22ClN3O5/c1-3-29-18-14(21)10-12(11-16(18)28-2)19(26)24-15-7-5-4-6-13(15)20(27)23-9-8-17(22)25/h4-7,10-11H,3,8-9H2,1-2H3,(H2,22,25)(H,23,27)(H,24,26). The number of nitrogens with two attached hydrogens (primary N) is 1. The van der Waals surface area contributed by atoms with E-state index in [1.807, 2.05) is 6.92 Å². The maximum atomic E-state index is 12.7. The number of nitrogens with one attached hydrogen (secondary N) is 2. The van der Waals surface area contributed by atoms with Crippen molar-refractivity contribution in [2.75, 3.05) is 25.6 Å². The number of para-hydroxylation sites is 1. The highest BCUT2D eigenvalue weighted by Crippen LogP contribution is 2.36. The summed E-state index contributed by atoms with van der Waals surface area (Å²) in [5.41, 5.74) is 5.85. The number of hydrogen-bond donors (Lipinski definition) is 3. The number of anilines is 1. The van der Waals surface area contributed by atoms with Gasteiger partial charge in [0.25, 0.3) is 11.8 Å². The average molecular weight is 420 g/mol. The van der Waals surface area contributed by atoms with Crippen molar-refractivity contribution in [3.05, 3.63) is 52.5 Å². The molecule has 2 rings (SSSR count). The van der Waals surface area contributed by atoms with Crippen molar-refractivity contribution in [2.45, 2.75) is 13.3 Å². The zero-order valence-electron chi connectivity index (χ0n) is 16.1. The molecule has 2 aromatic carbocycles. The minimum atomic E-state index is -0.520. The van der Waals surface area contributed by atoms with Crippen LogP contribution in [0.1, 0.15) is 34.1 Å². The second kappa shape index (κ2) is 10.3. The van der Waals surface area contributed by atoms with Crippen LogP contribution in [0.3, 0.4) is 0 Å². The number of primary amides is 1. The highest BCUT2D eigenvalue weighted by atomic mass is 35.5. The first-order valence-electron chi connectivity index (χ1n) is 8.84. The van der Waals surface area contributed by atoms with E-state index >= 15 is 0 Å². The van der Waals surface area contributed by atoms with Crippen LogP contribution >= 0.6 is 11.6 Å². The second-order valence-electron chi connectivity index (χ2n) is 5.89. The molecule has 3 amide bonds. The molecule has 0 saturated heterocycles. The quantitative estimate of drug-likeness (QED) is 0.577. The van der Waals surface area contributed by atoms with E-state index < -0.39 is 17.7 Å². The fraction of sp³-hybridized carbons (Fsp3) is 0.250. The Balaban J connectivity index is 2.22. The molecule has 4 N–H and O–H groups in total. The fourth-order valence-corrected chi connectivity index (χ4v) is 2.78. The van der Waals surface area contributed by atoms with Gasteiger partial charge in [0, 0.05) is 18.5 Å². The molecule has 0 atom stereocenters. The minimum absolute atomic E-state index is 0.0186. The van der Waals surface area contributed by atoms with Crippen LogP contribution in [-0.2, 0) is 4.79 Å². The van der Waals surface area contributed by atoms with Gasteiger partial charge in [0.05, 0.1) is 30.0 Å². The molecule has 0 bridgehead atoms. The number of carbonyl (C=O) groups is 3. The largest absolute Gasteiger partial charge is 0.493 e. The van der Waals surface area contributed by atoms with Crippen molar-refractivity contribution in [3.63, 3.8) is 0 Å². The molecule has 0 aromatic heterocycles. The lowest BCUT2D eigenvalue weighted by Crippen LogP contribution is -2.28. The molecule has 2 aromatic rings. The van der Waals surface area contributed by atoms with Crippen molar-refractivity contribution in [2.24, 2.45) is 5.73 Å². The fourth-order valence-electron chi connectivity index (χ4n) is 2.51. The van der Waals surface area contributed by atoms with Crippen molar-refractivity contribution in [1.29, 1.82) is 0 Å². The summed E-state index contributed by atoms with van der Waals surface area (Å²) < 4.78 is 10.7. The Morgan fingerprint density at radius 3 is 2.52 bits per heavy atom. The van der Waals surface area contributed by atoms with Crippen molar-refractivity contribution < 1.29 is 23.9 Å². The third-order valence-corrected chi connectivity index (χ3v) is 4.14. The first kappa shape index (κ1) is 22.0. The Morgan fingerprint density at radius 1 is 1.14 bits per heavy atom. The summed E-state index contributed by atoms with van der Waals surface area (Å²) in [5, 5.41) is 5.50. The zero-order valence-corrected chi connectivity index (χ0v) is 16.8. The van der Waals surface area contributed by atoms with Gasteiger partial charge in [-0.3, -0.25) is 14.4 Å². The lowest BCUT2D eigenvalue weighted by Gasteiger charge is -2.14. The first-order chi connectivity index (χ1) is 13.9. The Labute approximate surface area is 173 Å². The number of rotatable bonds is 9. The summed E-state index contributed by atoms with van der Waals surface area (Å²) in [7, 11) is 1.45. The molecule has 0 fully saturated rings. The summed E-state index contributed by atoms with van der Waals surface area (Å²) in [5.74, 6) is -0.771. The van der Waals surface area contributed by atoms with Gasteiger partial charge in [-0.2, -0.15) is 0 Å². The number of methoxy groups -OCH3 is 1. The number of carbonyl (C=O) groups excluding carboxylic acids is 3. The molecule has 9 heteroatoms. The summed E-state index contributed by atoms with van der Waals surface area (Å²) in [6.45, 7) is 2.30. The van der Waals surface area contributed by atoms with E-state index in [-0.39, 0.29) is 29.1 Å². The van der Waals surface area contributed by atoms with Crippen LogP contribution in [0.2, 0.25) is 5.02 Å². The predicted octanol–water partition coefficient (Wildman–Crippen LogP) is 2.60. The van der Waals surface area contributed by atoms with Gasteiger partial charge in [-0.15, -0.1) is 0 Å². The number of hydrogen-bond acceptors (Lipinski definition) is 5. The molecule has 0 radical (unpaired) electrons. The van der Waals surface area contributed by atoms with Crippen LogP contribution in [0.25, 0.3) is 0 Å². The lowest BCUT2D eigenvalue weighted by molar-refractivity contribution is -0.117. The molecule has 0 unspecified atom stereocenters. The highest BCUT2D eigenvalue weighted by Gasteiger charge is 2.18. The van der Waals surface area contributed by atoms with Crippen molar-refractivity contribution in [1.82, 2.24) is 5.32 Å². The number of amides is 3. The number of halogens is 1. The molecule has 0 spiro atoms. The van der Waals surface area contributed by atoms with Gasteiger partial charge < -0.3 is 25.8 Å². The van der Waals surface area contributed by atoms with Crippen LogP contribution in [0, 0.1) is 0 Å². The van der Waals surface area contributed by atoms with E-state index in [2.05, 4.69) is 10.6 Å². The van der Waals surface area contributed by atoms with Crippen LogP contribution < -0.4 is 25.8 Å². The van der Waals surface area contributed by atoms with E-state index in [0.717, 1.165) is 0 Å². The monoisotopic (exact) mass is 419 g/mol. The van der Waals surface area contributed by atoms with Gasteiger partial charge >= 0.3 is 0 Å². The first-order valence-corrected chi connectivity index (χ1v) is 9.22. The lowest BCUT2D eigenvalue weighted by atomic mass is 10.1. The predicted molar refractivity (Wildman–Crippen MR) is 110 cm³/mol. The summed E-state index contributed by atoms with van der Waals surface area (Å²) in [6.07, 6.45) is 0.0186. The normalized spacial score (nSPS) is 10.2. The SMILES string of the molecule is CCOc1c(Cl)cc(C(=O)Nc2ccccc2C(=O)NCCC(N)=O)cc1OC. The molecular weight excluding hydrogens is 398 g/mol. The molecule has 0 heterocycles. The highest BCUT2D eigenvalue weighted by molar-refractivity contribution is 6.32. The molecule has 8 nitrogen and oxygen atoms in total. The van der Waals surface area contributed by atoms with E-state index in [0.29, 0.717) is 23.8 Å². The summed E-state index contributed by atoms with van der Waals surface area (Å²) in [6, 6.07) is 9.45. The van der Waals surface area contributed by atoms with E-state index in [1.54, 1.807) is 24.3 Å². The topological polar surface area (TPSA) is 120 Å². The Kier molecular flexibility index (Phi) is 7.85. The van der Waals surface area contributed by atoms with Crippen LogP contribution in [0.4, 0.5) is 5.69 Å². The molecule has 29 heavy (non-hydrogen) atoms. The van der Waals surface area contributed by atoms with E-state index in [4.69, 9.17) is 26.8 Å². The molecule has 154 valence electrons. The van der Waals surface area contributed by atoms with Crippen LogP contribution in [0.5, 0.6) is 11.5 Å². The number of ether oxygens (including phenoxy) is 2.